The van der Waals surface area contributed by atoms with Crippen LogP contribution in [0.2, 0.25) is 0 Å². The maximum Gasteiger partial charge on any atom is 0.126 e. The van der Waals surface area contributed by atoms with Gasteiger partial charge in [-0.15, -0.1) is 0 Å². The minimum Gasteiger partial charge on any atom is -0.467 e. The van der Waals surface area contributed by atoms with Gasteiger partial charge in [-0.1, -0.05) is 0 Å². The van der Waals surface area contributed by atoms with Crippen LogP contribution in [-0.4, -0.2) is 6.04 Å². The van der Waals surface area contributed by atoms with Crippen LogP contribution in [0.25, 0.3) is 11.1 Å². The summed E-state index contributed by atoms with van der Waals surface area (Å²) < 4.78 is 31.7. The monoisotopic (exact) mass is 249 g/mol. The Hall–Kier alpha value is -1.68. The lowest BCUT2D eigenvalue weighted by molar-refractivity contribution is 0.483. The molecule has 1 aliphatic carbocycles. The molecule has 1 aromatic heterocycles. The van der Waals surface area contributed by atoms with Crippen molar-refractivity contribution >= 4 is 0 Å². The first-order valence-electron chi connectivity index (χ1n) is 5.98. The van der Waals surface area contributed by atoms with Crippen molar-refractivity contribution in [1.29, 1.82) is 0 Å². The maximum atomic E-state index is 13.2. The zero-order valence-electron chi connectivity index (χ0n) is 9.75. The van der Waals surface area contributed by atoms with Crippen LogP contribution in [0.5, 0.6) is 0 Å². The van der Waals surface area contributed by atoms with Crippen molar-refractivity contribution in [2.45, 2.75) is 25.4 Å². The summed E-state index contributed by atoms with van der Waals surface area (Å²) >= 11 is 0. The average molecular weight is 249 g/mol. The lowest BCUT2D eigenvalue weighted by Gasteiger charge is -2.04. The molecule has 1 saturated carbocycles. The predicted octanol–water partition coefficient (Wildman–Crippen LogP) is 3.48. The summed E-state index contributed by atoms with van der Waals surface area (Å²) in [5.41, 5.74) is 1.25. The number of hydrogen-bond donors (Lipinski definition) is 1. The Bertz CT molecular complexity index is 540. The zero-order chi connectivity index (χ0) is 12.5. The van der Waals surface area contributed by atoms with Gasteiger partial charge in [0.15, 0.2) is 0 Å². The van der Waals surface area contributed by atoms with Crippen molar-refractivity contribution in [1.82, 2.24) is 5.32 Å². The molecule has 1 N–H and O–H groups in total. The van der Waals surface area contributed by atoms with Crippen LogP contribution >= 0.6 is 0 Å². The van der Waals surface area contributed by atoms with Gasteiger partial charge in [0.25, 0.3) is 0 Å². The first kappa shape index (κ1) is 11.4. The fourth-order valence-electron chi connectivity index (χ4n) is 1.97. The number of furan rings is 1. The molecule has 0 amide bonds. The van der Waals surface area contributed by atoms with Gasteiger partial charge in [0.1, 0.15) is 17.4 Å². The third-order valence-corrected chi connectivity index (χ3v) is 3.05. The molecular formula is C14H13F2NO. The Morgan fingerprint density at radius 1 is 1.17 bits per heavy atom. The average Bonchev–Trinajstić information content (AvgIpc) is 3.02. The van der Waals surface area contributed by atoms with E-state index in [1.54, 1.807) is 12.3 Å². The van der Waals surface area contributed by atoms with E-state index in [1.807, 2.05) is 0 Å². The molecule has 1 aliphatic rings. The van der Waals surface area contributed by atoms with E-state index in [0.29, 0.717) is 23.9 Å². The summed E-state index contributed by atoms with van der Waals surface area (Å²) in [6.45, 7) is 0.588. The van der Waals surface area contributed by atoms with Crippen LogP contribution in [0.15, 0.2) is 34.9 Å². The minimum absolute atomic E-state index is 0.508. The molecule has 0 saturated heterocycles. The van der Waals surface area contributed by atoms with E-state index >= 15 is 0 Å². The van der Waals surface area contributed by atoms with E-state index in [2.05, 4.69) is 5.32 Å². The highest BCUT2D eigenvalue weighted by atomic mass is 19.1. The number of halogens is 2. The second-order valence-electron chi connectivity index (χ2n) is 4.57. The van der Waals surface area contributed by atoms with Crippen LogP contribution in [0, 0.1) is 11.6 Å². The van der Waals surface area contributed by atoms with E-state index in [0.717, 1.165) is 11.6 Å². The Labute approximate surface area is 104 Å². The molecule has 18 heavy (non-hydrogen) atoms. The summed E-state index contributed by atoms with van der Waals surface area (Å²) in [6, 6.07) is 5.79. The Morgan fingerprint density at radius 3 is 2.56 bits per heavy atom. The molecule has 3 rings (SSSR count). The van der Waals surface area contributed by atoms with Gasteiger partial charge >= 0.3 is 0 Å². The SMILES string of the molecule is Fc1cc(F)cc(-c2ccoc2CNC2CC2)c1. The fraction of sp³-hybridized carbons (Fsp3) is 0.286. The molecule has 0 radical (unpaired) electrons. The number of hydrogen-bond acceptors (Lipinski definition) is 2. The van der Waals surface area contributed by atoms with E-state index in [-0.39, 0.29) is 0 Å². The zero-order valence-corrected chi connectivity index (χ0v) is 9.75. The van der Waals surface area contributed by atoms with E-state index < -0.39 is 11.6 Å². The lowest BCUT2D eigenvalue weighted by atomic mass is 10.1. The molecule has 2 aromatic rings. The summed E-state index contributed by atoms with van der Waals surface area (Å²) in [4.78, 5) is 0. The number of benzene rings is 1. The molecule has 0 atom stereocenters. The van der Waals surface area contributed by atoms with Crippen LogP contribution in [0.3, 0.4) is 0 Å². The third-order valence-electron chi connectivity index (χ3n) is 3.05. The third kappa shape index (κ3) is 2.43. The summed E-state index contributed by atoms with van der Waals surface area (Å²) in [5.74, 6) is -0.438. The molecule has 4 heteroatoms. The Kier molecular flexibility index (Phi) is 2.88. The maximum absolute atomic E-state index is 13.2. The minimum atomic E-state index is -0.577. The van der Waals surface area contributed by atoms with Crippen molar-refractivity contribution in [2.24, 2.45) is 0 Å². The fourth-order valence-corrected chi connectivity index (χ4v) is 1.97. The predicted molar refractivity (Wildman–Crippen MR) is 63.9 cm³/mol. The van der Waals surface area contributed by atoms with E-state index in [4.69, 9.17) is 4.42 Å². The summed E-state index contributed by atoms with van der Waals surface area (Å²) in [6.07, 6.45) is 3.91. The molecule has 1 fully saturated rings. The van der Waals surface area contributed by atoms with Crippen molar-refractivity contribution < 1.29 is 13.2 Å². The van der Waals surface area contributed by atoms with Gasteiger partial charge in [0, 0.05) is 17.7 Å². The second kappa shape index (κ2) is 4.53. The van der Waals surface area contributed by atoms with Crippen LogP contribution in [0.4, 0.5) is 8.78 Å². The van der Waals surface area contributed by atoms with Crippen molar-refractivity contribution in [2.75, 3.05) is 0 Å². The smallest absolute Gasteiger partial charge is 0.126 e. The van der Waals surface area contributed by atoms with Crippen molar-refractivity contribution in [3.05, 3.63) is 47.9 Å². The highest BCUT2D eigenvalue weighted by Crippen LogP contribution is 2.27. The van der Waals surface area contributed by atoms with E-state index in [9.17, 15) is 8.78 Å². The van der Waals surface area contributed by atoms with Gasteiger partial charge in [0.2, 0.25) is 0 Å². The largest absolute Gasteiger partial charge is 0.467 e. The molecule has 1 aromatic carbocycles. The van der Waals surface area contributed by atoms with Crippen LogP contribution in [-0.2, 0) is 6.54 Å². The van der Waals surface area contributed by atoms with Gasteiger partial charge in [-0.2, -0.15) is 0 Å². The molecule has 0 unspecified atom stereocenters. The molecule has 0 bridgehead atoms. The molecule has 1 heterocycles. The quantitative estimate of drug-likeness (QED) is 0.897. The van der Waals surface area contributed by atoms with Gasteiger partial charge in [-0.3, -0.25) is 0 Å². The van der Waals surface area contributed by atoms with E-state index in [1.165, 1.54) is 25.0 Å². The first-order chi connectivity index (χ1) is 8.72. The number of nitrogens with one attached hydrogen (secondary N) is 1. The second-order valence-corrected chi connectivity index (χ2v) is 4.57. The molecule has 2 nitrogen and oxygen atoms in total. The standard InChI is InChI=1S/C14H13F2NO/c15-10-5-9(6-11(16)7-10)13-3-4-18-14(13)8-17-12-1-2-12/h3-7,12,17H,1-2,8H2. The van der Waals surface area contributed by atoms with Gasteiger partial charge in [-0.25, -0.2) is 8.78 Å². The molecule has 94 valence electrons. The molecule has 0 spiro atoms. The van der Waals surface area contributed by atoms with Gasteiger partial charge in [-0.05, 0) is 36.6 Å². The summed E-state index contributed by atoms with van der Waals surface area (Å²) in [7, 11) is 0. The Morgan fingerprint density at radius 2 is 1.89 bits per heavy atom. The first-order valence-corrected chi connectivity index (χ1v) is 5.98. The van der Waals surface area contributed by atoms with Crippen LogP contribution < -0.4 is 5.32 Å². The normalized spacial score (nSPS) is 15.0. The Balaban J connectivity index is 1.87. The molecular weight excluding hydrogens is 236 g/mol. The highest BCUT2D eigenvalue weighted by molar-refractivity contribution is 5.65. The van der Waals surface area contributed by atoms with Gasteiger partial charge in [0.05, 0.1) is 12.8 Å². The highest BCUT2D eigenvalue weighted by Gasteiger charge is 2.21. The van der Waals surface area contributed by atoms with Crippen LogP contribution in [0.1, 0.15) is 18.6 Å². The van der Waals surface area contributed by atoms with Crippen molar-refractivity contribution in [3.8, 4) is 11.1 Å². The summed E-state index contributed by atoms with van der Waals surface area (Å²) in [5, 5.41) is 3.32. The van der Waals surface area contributed by atoms with Gasteiger partial charge < -0.3 is 9.73 Å². The lowest BCUT2D eigenvalue weighted by Crippen LogP contribution is -2.15. The topological polar surface area (TPSA) is 25.2 Å². The van der Waals surface area contributed by atoms with Crippen molar-refractivity contribution in [3.63, 3.8) is 0 Å². The number of rotatable bonds is 4. The molecule has 0 aliphatic heterocycles.